The van der Waals surface area contributed by atoms with Crippen molar-refractivity contribution in [1.29, 1.82) is 0 Å². The molecule has 3 amide bonds. The van der Waals surface area contributed by atoms with E-state index in [2.05, 4.69) is 0 Å². The van der Waals surface area contributed by atoms with Gasteiger partial charge in [0.1, 0.15) is 0 Å². The molecular weight excluding hydrogens is 532 g/mol. The van der Waals surface area contributed by atoms with Crippen LogP contribution >= 0.6 is 0 Å². The number of aromatic nitrogens is 1. The number of carbonyl (C=O) groups excluding carboxylic acids is 2. The maximum absolute atomic E-state index is 13.8. The quantitative estimate of drug-likeness (QED) is 0.501. The normalized spacial score (nSPS) is 22.1. The number of aliphatic hydroxyl groups is 1. The molecule has 2 atom stereocenters. The van der Waals surface area contributed by atoms with Gasteiger partial charge in [-0.3, -0.25) is 9.59 Å². The van der Waals surface area contributed by atoms with Crippen molar-refractivity contribution >= 4 is 11.9 Å². The second-order valence-electron chi connectivity index (χ2n) is 12.2. The van der Waals surface area contributed by atoms with Crippen LogP contribution in [0.1, 0.15) is 42.2 Å². The lowest BCUT2D eigenvalue weighted by Gasteiger charge is -2.51. The summed E-state index contributed by atoms with van der Waals surface area (Å²) < 4.78 is 7.16. The van der Waals surface area contributed by atoms with E-state index in [0.29, 0.717) is 44.0 Å². The fourth-order valence-corrected chi connectivity index (χ4v) is 6.03. The molecule has 2 saturated heterocycles. The fraction of sp³-hybridized carbons (Fsp3) is 0.424. The molecule has 2 fully saturated rings. The van der Waals surface area contributed by atoms with E-state index in [9.17, 15) is 19.5 Å². The average Bonchev–Trinajstić information content (AvgIpc) is 2.99. The van der Waals surface area contributed by atoms with Crippen LogP contribution in [0.4, 0.5) is 4.79 Å². The van der Waals surface area contributed by atoms with Gasteiger partial charge in [0, 0.05) is 57.0 Å². The molecule has 2 aliphatic heterocycles. The summed E-state index contributed by atoms with van der Waals surface area (Å²) >= 11 is 0. The molecule has 0 aliphatic carbocycles. The van der Waals surface area contributed by atoms with Crippen molar-refractivity contribution in [1.82, 2.24) is 19.3 Å². The van der Waals surface area contributed by atoms with Crippen LogP contribution in [0, 0.1) is 5.41 Å². The SMILES string of the molecule is CN(C)C(=O)c1cn(C[C@]2(O)CCN(C(=O)N3CCOC[C@H]3c3ccccc3)CC2(C)C)c(=O)cc1-c1ccccc1. The Bertz CT molecular complexity index is 1490. The van der Waals surface area contributed by atoms with Crippen LogP contribution in [0.25, 0.3) is 11.1 Å². The summed E-state index contributed by atoms with van der Waals surface area (Å²) in [5, 5.41) is 12.0. The molecular formula is C33H40N4O5. The summed E-state index contributed by atoms with van der Waals surface area (Å²) in [4.78, 5) is 45.5. The molecule has 3 aromatic rings. The molecule has 0 radical (unpaired) electrons. The van der Waals surface area contributed by atoms with Crippen molar-refractivity contribution in [3.63, 3.8) is 0 Å². The minimum atomic E-state index is -1.29. The zero-order chi connectivity index (χ0) is 30.1. The smallest absolute Gasteiger partial charge is 0.320 e. The first kappa shape index (κ1) is 29.5. The Labute approximate surface area is 246 Å². The highest BCUT2D eigenvalue weighted by atomic mass is 16.5. The average molecular weight is 573 g/mol. The molecule has 9 heteroatoms. The zero-order valence-corrected chi connectivity index (χ0v) is 24.8. The van der Waals surface area contributed by atoms with Gasteiger partial charge in [-0.25, -0.2) is 4.79 Å². The number of urea groups is 1. The van der Waals surface area contributed by atoms with E-state index in [1.807, 2.05) is 79.4 Å². The molecule has 0 saturated carbocycles. The van der Waals surface area contributed by atoms with Gasteiger partial charge in [0.25, 0.3) is 11.5 Å². The molecule has 9 nitrogen and oxygen atoms in total. The summed E-state index contributed by atoms with van der Waals surface area (Å²) in [5.74, 6) is -0.229. The summed E-state index contributed by atoms with van der Waals surface area (Å²) in [7, 11) is 3.35. The summed E-state index contributed by atoms with van der Waals surface area (Å²) in [6.07, 6.45) is 1.85. The fourth-order valence-electron chi connectivity index (χ4n) is 6.03. The van der Waals surface area contributed by atoms with Crippen LogP contribution in [0.2, 0.25) is 0 Å². The molecule has 3 heterocycles. The molecule has 42 heavy (non-hydrogen) atoms. The molecule has 222 valence electrons. The highest BCUT2D eigenvalue weighted by Gasteiger charge is 2.50. The number of carbonyl (C=O) groups is 2. The lowest BCUT2D eigenvalue weighted by molar-refractivity contribution is -0.123. The zero-order valence-electron chi connectivity index (χ0n) is 24.8. The molecule has 1 aromatic heterocycles. The van der Waals surface area contributed by atoms with Gasteiger partial charge >= 0.3 is 6.03 Å². The van der Waals surface area contributed by atoms with Gasteiger partial charge in [-0.2, -0.15) is 0 Å². The van der Waals surface area contributed by atoms with Gasteiger partial charge in [-0.1, -0.05) is 74.5 Å². The van der Waals surface area contributed by atoms with Crippen molar-refractivity contribution < 1.29 is 19.4 Å². The first-order valence-electron chi connectivity index (χ1n) is 14.4. The minimum absolute atomic E-state index is 0.00777. The lowest BCUT2D eigenvalue weighted by atomic mass is 9.69. The van der Waals surface area contributed by atoms with Crippen molar-refractivity contribution in [2.45, 2.75) is 38.5 Å². The molecule has 5 rings (SSSR count). The second-order valence-corrected chi connectivity index (χ2v) is 12.2. The number of morpholine rings is 1. The number of rotatable bonds is 5. The third-order valence-electron chi connectivity index (χ3n) is 8.75. The van der Waals surface area contributed by atoms with Crippen LogP contribution in [0.3, 0.4) is 0 Å². The number of pyridine rings is 1. The van der Waals surface area contributed by atoms with Crippen LogP contribution in [-0.2, 0) is 11.3 Å². The Morgan fingerprint density at radius 1 is 1.02 bits per heavy atom. The summed E-state index contributed by atoms with van der Waals surface area (Å²) in [5.41, 5.74) is 0.420. The third-order valence-corrected chi connectivity index (χ3v) is 8.75. The number of amides is 3. The summed E-state index contributed by atoms with van der Waals surface area (Å²) in [6, 6.07) is 20.5. The van der Waals surface area contributed by atoms with Gasteiger partial charge in [0.15, 0.2) is 0 Å². The highest BCUT2D eigenvalue weighted by molar-refractivity contribution is 6.00. The van der Waals surface area contributed by atoms with Gasteiger partial charge in [-0.05, 0) is 17.5 Å². The molecule has 2 aromatic carbocycles. The number of hydrogen-bond donors (Lipinski definition) is 1. The predicted molar refractivity (Wildman–Crippen MR) is 161 cm³/mol. The van der Waals surface area contributed by atoms with E-state index in [4.69, 9.17) is 4.74 Å². The van der Waals surface area contributed by atoms with Crippen molar-refractivity contribution in [2.75, 3.05) is 46.9 Å². The van der Waals surface area contributed by atoms with E-state index in [1.54, 1.807) is 25.2 Å². The third kappa shape index (κ3) is 5.71. The minimum Gasteiger partial charge on any atom is -0.387 e. The van der Waals surface area contributed by atoms with Gasteiger partial charge in [-0.15, -0.1) is 0 Å². The standard InChI is InChI=1S/C33H40N4O5/c1-32(2)22-35(31(40)37-17-18-42-21-28(37)25-13-9-6-10-14-25)16-15-33(32,41)23-36-20-27(30(39)34(3)4)26(19-29(36)38)24-11-7-5-8-12-24/h5-14,19-20,28,41H,15-18,21-23H2,1-4H3/t28-,33+/m0/s1. The predicted octanol–water partition coefficient (Wildman–Crippen LogP) is 3.87. The Morgan fingerprint density at radius 2 is 1.69 bits per heavy atom. The number of likely N-dealkylation sites (tertiary alicyclic amines) is 1. The van der Waals surface area contributed by atoms with Crippen molar-refractivity contribution in [3.8, 4) is 11.1 Å². The highest BCUT2D eigenvalue weighted by Crippen LogP contribution is 2.41. The molecule has 0 unspecified atom stereocenters. The van der Waals surface area contributed by atoms with E-state index in [1.165, 1.54) is 15.5 Å². The van der Waals surface area contributed by atoms with Crippen LogP contribution in [0.15, 0.2) is 77.7 Å². The van der Waals surface area contributed by atoms with Crippen LogP contribution in [0.5, 0.6) is 0 Å². The monoisotopic (exact) mass is 572 g/mol. The number of nitrogens with zero attached hydrogens (tertiary/aromatic N) is 4. The topological polar surface area (TPSA) is 95.3 Å². The van der Waals surface area contributed by atoms with Gasteiger partial charge < -0.3 is 29.1 Å². The van der Waals surface area contributed by atoms with Crippen LogP contribution in [-0.4, -0.2) is 88.9 Å². The maximum Gasteiger partial charge on any atom is 0.320 e. The number of benzene rings is 2. The van der Waals surface area contributed by atoms with E-state index in [0.717, 1.165) is 11.1 Å². The number of ether oxygens (including phenoxy) is 1. The molecule has 2 aliphatic rings. The van der Waals surface area contributed by atoms with Crippen molar-refractivity contribution in [2.24, 2.45) is 5.41 Å². The Morgan fingerprint density at radius 3 is 2.33 bits per heavy atom. The largest absolute Gasteiger partial charge is 0.387 e. The molecule has 1 N–H and O–H groups in total. The van der Waals surface area contributed by atoms with Gasteiger partial charge in [0.2, 0.25) is 0 Å². The van der Waals surface area contributed by atoms with Crippen molar-refractivity contribution in [3.05, 3.63) is 94.4 Å². The summed E-state index contributed by atoms with van der Waals surface area (Å²) in [6.45, 7) is 5.93. The Hall–Kier alpha value is -3.95. The van der Waals surface area contributed by atoms with Gasteiger partial charge in [0.05, 0.1) is 37.0 Å². The second kappa shape index (κ2) is 11.7. The molecule has 0 bridgehead atoms. The molecule has 0 spiro atoms. The lowest BCUT2D eigenvalue weighted by Crippen LogP contribution is -2.62. The van der Waals surface area contributed by atoms with E-state index < -0.39 is 11.0 Å². The van der Waals surface area contributed by atoms with E-state index >= 15 is 0 Å². The maximum atomic E-state index is 13.8. The number of hydrogen-bond acceptors (Lipinski definition) is 5. The first-order valence-corrected chi connectivity index (χ1v) is 14.4. The number of piperidine rings is 1. The first-order chi connectivity index (χ1) is 20.0. The Balaban J connectivity index is 1.39. The Kier molecular flexibility index (Phi) is 8.25. The van der Waals surface area contributed by atoms with Crippen LogP contribution < -0.4 is 5.56 Å². The van der Waals surface area contributed by atoms with E-state index in [-0.39, 0.29) is 36.5 Å².